The number of Topliss-reactive ketones (excluding diaryl/α,β-unsaturated/α-hetero) is 3. The van der Waals surface area contributed by atoms with Gasteiger partial charge in [0, 0.05) is 37.6 Å². The smallest absolute Gasteiger partial charge is 0.303 e. The van der Waals surface area contributed by atoms with Crippen molar-refractivity contribution < 1.29 is 52.9 Å². The Kier molecular flexibility index (Phi) is 38.8. The van der Waals surface area contributed by atoms with Crippen LogP contribution in [0.25, 0.3) is 0 Å². The van der Waals surface area contributed by atoms with Gasteiger partial charge in [0.2, 0.25) is 17.7 Å². The number of carboxylic acids is 1. The Bertz CT molecular complexity index is 1300. The summed E-state index contributed by atoms with van der Waals surface area (Å²) in [7, 11) is 1.84. The lowest BCUT2D eigenvalue weighted by Gasteiger charge is -2.26. The lowest BCUT2D eigenvalue weighted by Crippen LogP contribution is -2.48. The molecule has 0 aliphatic rings. The number of carbonyl (C=O) groups is 7. The third-order valence-electron chi connectivity index (χ3n) is 10.7. The van der Waals surface area contributed by atoms with Gasteiger partial charge in [-0.05, 0) is 123 Å². The minimum absolute atomic E-state index is 0.160. The van der Waals surface area contributed by atoms with E-state index in [0.717, 1.165) is 6.54 Å². The summed E-state index contributed by atoms with van der Waals surface area (Å²) in [5, 5.41) is 20.6. The van der Waals surface area contributed by atoms with Crippen molar-refractivity contribution in [3.8, 4) is 0 Å². The highest BCUT2D eigenvalue weighted by Crippen LogP contribution is 2.21. The molecule has 0 aliphatic carbocycles. The molecule has 0 rings (SSSR count). The normalized spacial score (nSPS) is 13.7. The fourth-order valence-corrected chi connectivity index (χ4v) is 6.91. The van der Waals surface area contributed by atoms with Crippen LogP contribution in [0.5, 0.6) is 0 Å². The molecule has 15 N–H and O–H groups in total. The van der Waals surface area contributed by atoms with Crippen molar-refractivity contribution in [3.05, 3.63) is 0 Å². The number of nitrogens with one attached hydrogen (secondary N) is 4. The van der Waals surface area contributed by atoms with Crippen molar-refractivity contribution in [2.75, 3.05) is 86.0 Å². The molecule has 0 saturated heterocycles. The number of unbranched alkanes of at least 4 members (excludes halogenated alkanes) is 5. The molecule has 0 radical (unpaired) electrons. The van der Waals surface area contributed by atoms with E-state index in [1.165, 1.54) is 0 Å². The number of hydrogen-bond donors (Lipinski definition) is 10. The van der Waals surface area contributed by atoms with Crippen LogP contribution < -0.4 is 49.9 Å². The maximum atomic E-state index is 14.2. The first kappa shape index (κ1) is 60.5. The summed E-state index contributed by atoms with van der Waals surface area (Å²) < 4.78 is 16.3. The Balaban J connectivity index is 6.10. The second kappa shape index (κ2) is 41.0. The Hall–Kier alpha value is -3.47. The summed E-state index contributed by atoms with van der Waals surface area (Å²) in [6, 6.07) is -2.85. The monoisotopic (exact) mass is 916 g/mol. The quantitative estimate of drug-likeness (QED) is 0.0358. The molecule has 0 fully saturated rings. The molecule has 64 heavy (non-hydrogen) atoms. The van der Waals surface area contributed by atoms with Crippen molar-refractivity contribution >= 4 is 41.0 Å². The van der Waals surface area contributed by atoms with E-state index < -0.39 is 65.2 Å². The first-order valence-corrected chi connectivity index (χ1v) is 23.5. The number of carbonyl (C=O) groups excluding carboxylic acids is 6. The number of ether oxygens (including phenoxy) is 3. The van der Waals surface area contributed by atoms with Crippen LogP contribution in [-0.2, 0) is 47.8 Å². The second-order valence-corrected chi connectivity index (χ2v) is 16.1. The van der Waals surface area contributed by atoms with Crippen LogP contribution in [-0.4, -0.2) is 150 Å². The molecule has 20 heteroatoms. The highest BCUT2D eigenvalue weighted by atomic mass is 16.5. The number of amides is 3. The largest absolute Gasteiger partial charge is 0.481 e. The number of nitrogens with two attached hydrogens (primary N) is 5. The molecule has 0 saturated carbocycles. The molecular formula is C44H85N9O11. The molecule has 0 spiro atoms. The number of likely N-dealkylation sites (N-methyl/N-ethyl adjacent to an activating group) is 1. The third-order valence-corrected chi connectivity index (χ3v) is 10.7. The summed E-state index contributed by atoms with van der Waals surface area (Å²) in [5.41, 5.74) is 28.7. The molecular weight excluding hydrogens is 831 g/mol. The first-order valence-electron chi connectivity index (χ1n) is 23.5. The van der Waals surface area contributed by atoms with E-state index in [1.54, 1.807) is 0 Å². The van der Waals surface area contributed by atoms with Crippen LogP contribution in [0.1, 0.15) is 122 Å². The van der Waals surface area contributed by atoms with Gasteiger partial charge in [0.1, 0.15) is 6.61 Å². The maximum Gasteiger partial charge on any atom is 0.303 e. The van der Waals surface area contributed by atoms with Gasteiger partial charge in [0.25, 0.3) is 0 Å². The lowest BCUT2D eigenvalue weighted by molar-refractivity contribution is -0.139. The third kappa shape index (κ3) is 31.4. The number of rotatable bonds is 46. The highest BCUT2D eigenvalue weighted by Gasteiger charge is 2.33. The molecule has 0 bridgehead atoms. The van der Waals surface area contributed by atoms with E-state index >= 15 is 0 Å². The number of carboxylic acid groups (broad SMARTS) is 1. The van der Waals surface area contributed by atoms with E-state index in [0.29, 0.717) is 130 Å². The number of ketones is 3. The molecule has 0 heterocycles. The summed E-state index contributed by atoms with van der Waals surface area (Å²) in [5.74, 6) is -5.52. The van der Waals surface area contributed by atoms with Crippen molar-refractivity contribution in [3.63, 3.8) is 0 Å². The van der Waals surface area contributed by atoms with Gasteiger partial charge >= 0.3 is 5.97 Å². The van der Waals surface area contributed by atoms with Crippen LogP contribution >= 0.6 is 0 Å². The van der Waals surface area contributed by atoms with Gasteiger partial charge in [0.15, 0.2) is 17.3 Å². The molecule has 2 unspecified atom stereocenters. The average molecular weight is 916 g/mol. The Morgan fingerprint density at radius 2 is 0.844 bits per heavy atom. The van der Waals surface area contributed by atoms with Gasteiger partial charge in [-0.25, -0.2) is 0 Å². The molecule has 0 aromatic carbocycles. The fourth-order valence-electron chi connectivity index (χ4n) is 6.91. The zero-order valence-corrected chi connectivity index (χ0v) is 38.7. The van der Waals surface area contributed by atoms with E-state index in [9.17, 15) is 33.6 Å². The van der Waals surface area contributed by atoms with E-state index in [-0.39, 0.29) is 70.5 Å². The van der Waals surface area contributed by atoms with Crippen LogP contribution in [0.3, 0.4) is 0 Å². The van der Waals surface area contributed by atoms with Crippen molar-refractivity contribution in [2.24, 2.45) is 40.5 Å². The first-order chi connectivity index (χ1) is 30.9. The lowest BCUT2D eigenvalue weighted by atomic mass is 9.88. The fraction of sp³-hybridized carbons (Fsp3) is 0.841. The van der Waals surface area contributed by atoms with Crippen LogP contribution in [0, 0.1) is 11.8 Å². The predicted molar refractivity (Wildman–Crippen MR) is 245 cm³/mol. The molecule has 20 nitrogen and oxygen atoms in total. The highest BCUT2D eigenvalue weighted by molar-refractivity contribution is 5.96. The van der Waals surface area contributed by atoms with Crippen LogP contribution in [0.2, 0.25) is 0 Å². The topological polar surface area (TPSA) is 346 Å². The molecule has 0 aromatic heterocycles. The zero-order chi connectivity index (χ0) is 47.8. The van der Waals surface area contributed by atoms with Gasteiger partial charge in [-0.15, -0.1) is 0 Å². The summed E-state index contributed by atoms with van der Waals surface area (Å²) >= 11 is 0. The van der Waals surface area contributed by atoms with Crippen LogP contribution in [0.15, 0.2) is 0 Å². The van der Waals surface area contributed by atoms with Gasteiger partial charge in [0.05, 0.1) is 57.6 Å². The van der Waals surface area contributed by atoms with Crippen LogP contribution in [0.4, 0.5) is 0 Å². The molecule has 0 aromatic rings. The van der Waals surface area contributed by atoms with Gasteiger partial charge < -0.3 is 69.3 Å². The van der Waals surface area contributed by atoms with E-state index in [4.69, 9.17) is 48.0 Å². The summed E-state index contributed by atoms with van der Waals surface area (Å²) in [6.45, 7) is 4.13. The Morgan fingerprint density at radius 3 is 1.25 bits per heavy atom. The SMILES string of the molecule is CNCCOCCOCCOCC(=O)N[C@@H](CCCCN)C(=O)CC(CCCCN)C(=O)N[C@@H](CCCCN)C(=O)CC(CCCCN)C(=O)N[C@@H](CCCCN)C(=O)CCC(=O)O. The van der Waals surface area contributed by atoms with E-state index in [2.05, 4.69) is 21.3 Å². The predicted octanol–water partition coefficient (Wildman–Crippen LogP) is -0.0603. The number of aliphatic carboxylic acids is 1. The van der Waals surface area contributed by atoms with Crippen molar-refractivity contribution in [1.82, 2.24) is 21.3 Å². The molecule has 5 atom stereocenters. The summed E-state index contributed by atoms with van der Waals surface area (Å²) in [6.07, 6.45) is 5.97. The Morgan fingerprint density at radius 1 is 0.469 bits per heavy atom. The average Bonchev–Trinajstić information content (AvgIpc) is 3.27. The Labute approximate surface area is 381 Å². The molecule has 3 amide bonds. The standard InChI is InChI=1S/C44H85N9O11/c1-50-24-25-62-26-27-63-28-29-64-32-41(57)51-36(15-5-10-22-48)39(55)30-33(12-2-7-19-45)44(61)53-37(16-6-11-23-49)40(56)31-34(13-3-8-20-46)43(60)52-35(14-4-9-21-47)38(54)17-18-42(58)59/h33-37,50H,2-32,45-49H2,1H3,(H,51,57)(H,52,60)(H,53,61)(H,58,59)/t33?,34?,35-,36-,37-/m0/s1. The maximum absolute atomic E-state index is 14.2. The van der Waals surface area contributed by atoms with Gasteiger partial charge in [-0.3, -0.25) is 33.6 Å². The van der Waals surface area contributed by atoms with Crippen molar-refractivity contribution in [1.29, 1.82) is 0 Å². The molecule has 0 aliphatic heterocycles. The van der Waals surface area contributed by atoms with Crippen molar-refractivity contribution in [2.45, 2.75) is 140 Å². The zero-order valence-electron chi connectivity index (χ0n) is 38.7. The minimum Gasteiger partial charge on any atom is -0.481 e. The van der Waals surface area contributed by atoms with E-state index in [1.807, 2.05) is 7.05 Å². The summed E-state index contributed by atoms with van der Waals surface area (Å²) in [4.78, 5) is 93.2. The molecule has 372 valence electrons. The second-order valence-electron chi connectivity index (χ2n) is 16.1. The minimum atomic E-state index is -1.13. The number of hydrogen-bond acceptors (Lipinski definition) is 16. The van der Waals surface area contributed by atoms with Gasteiger partial charge in [-0.1, -0.05) is 12.8 Å². The van der Waals surface area contributed by atoms with Gasteiger partial charge in [-0.2, -0.15) is 0 Å².